The van der Waals surface area contributed by atoms with E-state index in [0.29, 0.717) is 11.8 Å². The van der Waals surface area contributed by atoms with Gasteiger partial charge in [0.15, 0.2) is 0 Å². The van der Waals surface area contributed by atoms with Crippen LogP contribution in [-0.2, 0) is 0 Å². The number of hydrogen-bond acceptors (Lipinski definition) is 2. The maximum Gasteiger partial charge on any atom is 0.0624 e. The zero-order valence-corrected chi connectivity index (χ0v) is 13.1. The quantitative estimate of drug-likeness (QED) is 0.766. The molecule has 0 radical (unpaired) electrons. The maximum absolute atomic E-state index is 5.61. The third-order valence-corrected chi connectivity index (χ3v) is 4.30. The van der Waals surface area contributed by atoms with E-state index < -0.39 is 0 Å². The van der Waals surface area contributed by atoms with E-state index in [1.807, 2.05) is 6.08 Å². The van der Waals surface area contributed by atoms with E-state index in [1.54, 1.807) is 6.20 Å². The van der Waals surface area contributed by atoms with Crippen molar-refractivity contribution in [3.8, 4) is 0 Å². The van der Waals surface area contributed by atoms with Gasteiger partial charge in [0.05, 0.1) is 11.8 Å². The second kappa shape index (κ2) is 7.82. The van der Waals surface area contributed by atoms with Crippen LogP contribution in [0.15, 0.2) is 65.4 Å². The summed E-state index contributed by atoms with van der Waals surface area (Å²) in [5.41, 5.74) is 7.94. The molecule has 2 aliphatic rings. The highest BCUT2D eigenvalue weighted by Crippen LogP contribution is 2.27. The molecule has 112 valence electrons. The van der Waals surface area contributed by atoms with Crippen molar-refractivity contribution in [2.75, 3.05) is 0 Å². The van der Waals surface area contributed by atoms with Crippen molar-refractivity contribution in [1.82, 2.24) is 0 Å². The van der Waals surface area contributed by atoms with Gasteiger partial charge in [-0.2, -0.15) is 0 Å². The third-order valence-electron chi connectivity index (χ3n) is 4.30. The highest BCUT2D eigenvalue weighted by atomic mass is 14.8. The lowest BCUT2D eigenvalue weighted by molar-refractivity contribution is 0.367. The lowest BCUT2D eigenvalue weighted by Gasteiger charge is -2.24. The van der Waals surface area contributed by atoms with Crippen LogP contribution in [0.5, 0.6) is 0 Å². The summed E-state index contributed by atoms with van der Waals surface area (Å²) in [6.07, 6.45) is 22.0. The van der Waals surface area contributed by atoms with Crippen molar-refractivity contribution in [2.45, 2.75) is 39.2 Å². The standard InChI is InChI=1S/C19H26N2/c1-15-9-5-3-8-12-18(15)16(2)21-19(13-14-20)17-10-6-4-7-11-17/h3-6,8-10,13-16,18H,7,11-12,20H2,1-2H3/b14-13-,21-19+. The van der Waals surface area contributed by atoms with Crippen LogP contribution in [0, 0.1) is 11.8 Å². The predicted octanol–water partition coefficient (Wildman–Crippen LogP) is 4.33. The van der Waals surface area contributed by atoms with Crippen molar-refractivity contribution < 1.29 is 0 Å². The average Bonchev–Trinajstić information content (AvgIpc) is 2.72. The zero-order valence-electron chi connectivity index (χ0n) is 13.1. The minimum absolute atomic E-state index is 0.283. The number of hydrogen-bond donors (Lipinski definition) is 1. The first-order valence-electron chi connectivity index (χ1n) is 7.88. The molecule has 2 aliphatic carbocycles. The molecule has 0 saturated carbocycles. The molecule has 2 N–H and O–H groups in total. The van der Waals surface area contributed by atoms with Crippen molar-refractivity contribution >= 4 is 5.71 Å². The summed E-state index contributed by atoms with van der Waals surface area (Å²) in [5.74, 6) is 1.09. The molecular formula is C19H26N2. The van der Waals surface area contributed by atoms with E-state index in [2.05, 4.69) is 56.4 Å². The molecule has 3 unspecified atom stereocenters. The zero-order chi connectivity index (χ0) is 15.1. The van der Waals surface area contributed by atoms with Gasteiger partial charge >= 0.3 is 0 Å². The van der Waals surface area contributed by atoms with Crippen LogP contribution < -0.4 is 5.73 Å². The Balaban J connectivity index is 2.20. The molecule has 21 heavy (non-hydrogen) atoms. The Morgan fingerprint density at radius 1 is 1.33 bits per heavy atom. The fourth-order valence-corrected chi connectivity index (χ4v) is 3.00. The van der Waals surface area contributed by atoms with Crippen LogP contribution in [0.25, 0.3) is 0 Å². The number of rotatable bonds is 4. The smallest absolute Gasteiger partial charge is 0.0624 e. The number of nitrogens with zero attached hydrogens (tertiary/aromatic N) is 1. The van der Waals surface area contributed by atoms with Crippen LogP contribution in [0.1, 0.15) is 33.1 Å². The minimum Gasteiger partial charge on any atom is -0.405 e. The van der Waals surface area contributed by atoms with Gasteiger partial charge in [-0.05, 0) is 55.9 Å². The SMILES string of the molecule is CC1C=CC=CCC1C(C)/N=C(\C=C/N)C1=CC=CCC1. The number of aliphatic imine (C=N–C) groups is 1. The predicted molar refractivity (Wildman–Crippen MR) is 92.2 cm³/mol. The van der Waals surface area contributed by atoms with Gasteiger partial charge in [0.25, 0.3) is 0 Å². The molecule has 0 heterocycles. The maximum atomic E-state index is 5.61. The van der Waals surface area contributed by atoms with Gasteiger partial charge in [-0.1, -0.05) is 49.5 Å². The first-order chi connectivity index (χ1) is 10.2. The van der Waals surface area contributed by atoms with Crippen LogP contribution >= 0.6 is 0 Å². The molecule has 0 aromatic heterocycles. The van der Waals surface area contributed by atoms with Crippen molar-refractivity contribution in [1.29, 1.82) is 0 Å². The molecule has 0 aliphatic heterocycles. The van der Waals surface area contributed by atoms with Crippen molar-refractivity contribution in [2.24, 2.45) is 22.6 Å². The fourth-order valence-electron chi connectivity index (χ4n) is 3.00. The average molecular weight is 282 g/mol. The Kier molecular flexibility index (Phi) is 5.79. The van der Waals surface area contributed by atoms with E-state index in [9.17, 15) is 0 Å². The molecule has 3 atom stereocenters. The Labute approximate surface area is 128 Å². The topological polar surface area (TPSA) is 38.4 Å². The van der Waals surface area contributed by atoms with Crippen molar-refractivity contribution in [3.05, 3.63) is 60.4 Å². The van der Waals surface area contributed by atoms with Gasteiger partial charge in [-0.15, -0.1) is 0 Å². The second-order valence-electron chi connectivity index (χ2n) is 5.84. The Morgan fingerprint density at radius 3 is 2.90 bits per heavy atom. The van der Waals surface area contributed by atoms with E-state index in [0.717, 1.165) is 25.0 Å². The molecule has 2 rings (SSSR count). The lowest BCUT2D eigenvalue weighted by Crippen LogP contribution is -2.22. The summed E-state index contributed by atoms with van der Waals surface area (Å²) in [7, 11) is 0. The summed E-state index contributed by atoms with van der Waals surface area (Å²) >= 11 is 0. The van der Waals surface area contributed by atoms with E-state index in [4.69, 9.17) is 10.7 Å². The molecule has 0 aromatic rings. The summed E-state index contributed by atoms with van der Waals surface area (Å²) in [6, 6.07) is 0.283. The van der Waals surface area contributed by atoms with E-state index in [-0.39, 0.29) is 6.04 Å². The molecular weight excluding hydrogens is 256 g/mol. The van der Waals surface area contributed by atoms with Crippen LogP contribution in [-0.4, -0.2) is 11.8 Å². The van der Waals surface area contributed by atoms with Crippen LogP contribution in [0.2, 0.25) is 0 Å². The number of allylic oxidation sites excluding steroid dienone is 9. The molecule has 2 nitrogen and oxygen atoms in total. The normalized spacial score (nSPS) is 27.7. The Hall–Kier alpha value is -1.83. The second-order valence-corrected chi connectivity index (χ2v) is 5.84. The van der Waals surface area contributed by atoms with Gasteiger partial charge < -0.3 is 5.73 Å². The summed E-state index contributed by atoms with van der Waals surface area (Å²) < 4.78 is 0. The first-order valence-corrected chi connectivity index (χ1v) is 7.88. The Morgan fingerprint density at radius 2 is 2.19 bits per heavy atom. The molecule has 0 bridgehead atoms. The van der Waals surface area contributed by atoms with Gasteiger partial charge in [0.1, 0.15) is 0 Å². The molecule has 0 aromatic carbocycles. The van der Waals surface area contributed by atoms with Crippen LogP contribution in [0.3, 0.4) is 0 Å². The number of nitrogens with two attached hydrogens (primary N) is 1. The Bertz CT molecular complexity index is 518. The fraction of sp³-hybridized carbons (Fsp3) is 0.421. The third kappa shape index (κ3) is 4.32. The molecule has 0 spiro atoms. The lowest BCUT2D eigenvalue weighted by atomic mass is 9.86. The molecule has 0 fully saturated rings. The first kappa shape index (κ1) is 15.6. The van der Waals surface area contributed by atoms with Crippen molar-refractivity contribution in [3.63, 3.8) is 0 Å². The van der Waals surface area contributed by atoms with Crippen LogP contribution in [0.4, 0.5) is 0 Å². The minimum atomic E-state index is 0.283. The van der Waals surface area contributed by atoms with Gasteiger partial charge in [0.2, 0.25) is 0 Å². The summed E-state index contributed by atoms with van der Waals surface area (Å²) in [4.78, 5) is 4.99. The van der Waals surface area contributed by atoms with Gasteiger partial charge in [-0.3, -0.25) is 4.99 Å². The molecule has 0 amide bonds. The summed E-state index contributed by atoms with van der Waals surface area (Å²) in [5, 5.41) is 0. The largest absolute Gasteiger partial charge is 0.405 e. The molecule has 2 heteroatoms. The molecule has 0 saturated heterocycles. The van der Waals surface area contributed by atoms with Gasteiger partial charge in [0, 0.05) is 0 Å². The highest BCUT2D eigenvalue weighted by Gasteiger charge is 2.22. The monoisotopic (exact) mass is 282 g/mol. The van der Waals surface area contributed by atoms with E-state index in [1.165, 1.54) is 5.57 Å². The highest BCUT2D eigenvalue weighted by molar-refractivity contribution is 6.08. The summed E-state index contributed by atoms with van der Waals surface area (Å²) in [6.45, 7) is 4.50. The van der Waals surface area contributed by atoms with E-state index >= 15 is 0 Å². The van der Waals surface area contributed by atoms with Gasteiger partial charge in [-0.25, -0.2) is 0 Å².